The van der Waals surface area contributed by atoms with Crippen LogP contribution in [-0.4, -0.2) is 47.8 Å². The van der Waals surface area contributed by atoms with Gasteiger partial charge in [-0.1, -0.05) is 19.3 Å². The molecule has 0 aromatic heterocycles. The molecule has 4 heteroatoms. The summed E-state index contributed by atoms with van der Waals surface area (Å²) in [7, 11) is 2.12. The van der Waals surface area contributed by atoms with E-state index in [0.29, 0.717) is 12.0 Å². The molecular weight excluding hydrogens is 242 g/mol. The van der Waals surface area contributed by atoms with Gasteiger partial charge in [0.1, 0.15) is 0 Å². The van der Waals surface area contributed by atoms with Crippen LogP contribution in [0.25, 0.3) is 0 Å². The predicted molar refractivity (Wildman–Crippen MR) is 74.2 cm³/mol. The second kappa shape index (κ2) is 6.23. The molecule has 0 radical (unpaired) electrons. The Morgan fingerprint density at radius 3 is 2.63 bits per heavy atom. The van der Waals surface area contributed by atoms with Gasteiger partial charge in [0.2, 0.25) is 0 Å². The number of ether oxygens (including phenoxy) is 1. The van der Waals surface area contributed by atoms with Gasteiger partial charge in [0, 0.05) is 18.2 Å². The largest absolute Gasteiger partial charge is 0.481 e. The maximum Gasteiger partial charge on any atom is 0.305 e. The van der Waals surface area contributed by atoms with Gasteiger partial charge in [-0.15, -0.1) is 0 Å². The molecule has 1 aliphatic carbocycles. The van der Waals surface area contributed by atoms with Crippen LogP contribution in [0.5, 0.6) is 0 Å². The molecule has 4 nitrogen and oxygen atoms in total. The molecule has 2 rings (SSSR count). The molecule has 1 heterocycles. The van der Waals surface area contributed by atoms with Crippen LogP contribution in [0.4, 0.5) is 0 Å². The van der Waals surface area contributed by atoms with Crippen LogP contribution in [0.2, 0.25) is 0 Å². The van der Waals surface area contributed by atoms with Crippen LogP contribution in [0.1, 0.15) is 51.9 Å². The van der Waals surface area contributed by atoms with Gasteiger partial charge in [-0.05, 0) is 39.2 Å². The zero-order valence-corrected chi connectivity index (χ0v) is 12.2. The van der Waals surface area contributed by atoms with E-state index in [9.17, 15) is 9.90 Å². The minimum Gasteiger partial charge on any atom is -0.481 e. The third-order valence-corrected chi connectivity index (χ3v) is 5.27. The minimum atomic E-state index is -0.663. The molecule has 2 atom stereocenters. The first kappa shape index (κ1) is 14.8. The van der Waals surface area contributed by atoms with Crippen molar-refractivity contribution in [1.82, 2.24) is 4.90 Å². The molecule has 0 bridgehead atoms. The average molecular weight is 269 g/mol. The van der Waals surface area contributed by atoms with Crippen molar-refractivity contribution in [3.8, 4) is 0 Å². The molecule has 2 aliphatic rings. The first-order chi connectivity index (χ1) is 9.05. The Hall–Kier alpha value is -0.610. The number of carboxylic acid groups (broad SMARTS) is 1. The summed E-state index contributed by atoms with van der Waals surface area (Å²) in [6.45, 7) is 3.92. The lowest BCUT2D eigenvalue weighted by atomic mass is 9.76. The Morgan fingerprint density at radius 2 is 2.11 bits per heavy atom. The summed E-state index contributed by atoms with van der Waals surface area (Å²) in [6.07, 6.45) is 6.99. The molecule has 0 spiro atoms. The molecule has 1 N–H and O–H groups in total. The highest BCUT2D eigenvalue weighted by Gasteiger charge is 2.41. The summed E-state index contributed by atoms with van der Waals surface area (Å²) in [5.74, 6) is -0.110. The van der Waals surface area contributed by atoms with Crippen LogP contribution in [0, 0.1) is 5.92 Å². The van der Waals surface area contributed by atoms with Crippen LogP contribution in [0.3, 0.4) is 0 Å². The molecule has 1 saturated carbocycles. The summed E-state index contributed by atoms with van der Waals surface area (Å²) in [6, 6.07) is 0.403. The maximum atomic E-state index is 11.3. The molecule has 1 saturated heterocycles. The van der Waals surface area contributed by atoms with Crippen molar-refractivity contribution in [3.05, 3.63) is 0 Å². The molecule has 0 aromatic carbocycles. The monoisotopic (exact) mass is 269 g/mol. The van der Waals surface area contributed by atoms with Crippen LogP contribution in [0.15, 0.2) is 0 Å². The van der Waals surface area contributed by atoms with Gasteiger partial charge in [0.05, 0.1) is 13.0 Å². The van der Waals surface area contributed by atoms with E-state index in [1.807, 2.05) is 0 Å². The normalized spacial score (nSPS) is 28.5. The number of carboxylic acids is 1. The molecule has 19 heavy (non-hydrogen) atoms. The smallest absolute Gasteiger partial charge is 0.305 e. The van der Waals surface area contributed by atoms with Gasteiger partial charge >= 0.3 is 5.97 Å². The number of aliphatic carboxylic acids is 1. The second-order valence-electron chi connectivity index (χ2n) is 6.33. The van der Waals surface area contributed by atoms with E-state index in [1.54, 1.807) is 0 Å². The SMILES string of the molecule is CC(C1CCOC1)N(C)C1(CC(=O)O)CCCCC1. The van der Waals surface area contributed by atoms with Crippen molar-refractivity contribution in [2.45, 2.75) is 63.5 Å². The summed E-state index contributed by atoms with van der Waals surface area (Å²) in [5.41, 5.74) is -0.133. The third kappa shape index (κ3) is 3.29. The van der Waals surface area contributed by atoms with Gasteiger partial charge in [0.15, 0.2) is 0 Å². The number of nitrogens with zero attached hydrogens (tertiary/aromatic N) is 1. The van der Waals surface area contributed by atoms with Crippen molar-refractivity contribution >= 4 is 5.97 Å². The summed E-state index contributed by atoms with van der Waals surface area (Å²) in [4.78, 5) is 13.6. The highest BCUT2D eigenvalue weighted by Crippen LogP contribution is 2.38. The Balaban J connectivity index is 2.09. The molecular formula is C15H27NO3. The molecule has 1 aliphatic heterocycles. The van der Waals surface area contributed by atoms with Crippen molar-refractivity contribution in [1.29, 1.82) is 0 Å². The van der Waals surface area contributed by atoms with E-state index in [1.165, 1.54) is 6.42 Å². The van der Waals surface area contributed by atoms with Gasteiger partial charge in [-0.3, -0.25) is 9.69 Å². The Labute approximate surface area is 116 Å². The lowest BCUT2D eigenvalue weighted by molar-refractivity contribution is -0.141. The first-order valence-electron chi connectivity index (χ1n) is 7.58. The number of rotatable bonds is 5. The highest BCUT2D eigenvalue weighted by molar-refractivity contribution is 5.68. The van der Waals surface area contributed by atoms with Crippen LogP contribution in [-0.2, 0) is 9.53 Å². The zero-order chi connectivity index (χ0) is 13.9. The van der Waals surface area contributed by atoms with Crippen molar-refractivity contribution in [2.24, 2.45) is 5.92 Å². The topological polar surface area (TPSA) is 49.8 Å². The van der Waals surface area contributed by atoms with E-state index >= 15 is 0 Å². The summed E-state index contributed by atoms with van der Waals surface area (Å²) >= 11 is 0. The third-order valence-electron chi connectivity index (χ3n) is 5.27. The van der Waals surface area contributed by atoms with E-state index in [4.69, 9.17) is 4.74 Å². The zero-order valence-electron chi connectivity index (χ0n) is 12.2. The van der Waals surface area contributed by atoms with Crippen molar-refractivity contribution in [2.75, 3.05) is 20.3 Å². The lowest BCUT2D eigenvalue weighted by Crippen LogP contribution is -2.54. The van der Waals surface area contributed by atoms with Crippen molar-refractivity contribution < 1.29 is 14.6 Å². The van der Waals surface area contributed by atoms with E-state index < -0.39 is 5.97 Å². The number of hydrogen-bond donors (Lipinski definition) is 1. The van der Waals surface area contributed by atoms with Gasteiger partial charge < -0.3 is 9.84 Å². The highest BCUT2D eigenvalue weighted by atomic mass is 16.5. The quantitative estimate of drug-likeness (QED) is 0.833. The average Bonchev–Trinajstić information content (AvgIpc) is 2.91. The number of carbonyl (C=O) groups is 1. The first-order valence-corrected chi connectivity index (χ1v) is 7.58. The van der Waals surface area contributed by atoms with Crippen LogP contribution < -0.4 is 0 Å². The van der Waals surface area contributed by atoms with E-state index in [0.717, 1.165) is 45.3 Å². The second-order valence-corrected chi connectivity index (χ2v) is 6.33. The molecule has 110 valence electrons. The molecule has 0 aromatic rings. The molecule has 2 unspecified atom stereocenters. The van der Waals surface area contributed by atoms with Gasteiger partial charge in [-0.2, -0.15) is 0 Å². The van der Waals surface area contributed by atoms with Crippen molar-refractivity contribution in [3.63, 3.8) is 0 Å². The minimum absolute atomic E-state index is 0.133. The van der Waals surface area contributed by atoms with Gasteiger partial charge in [-0.25, -0.2) is 0 Å². The summed E-state index contributed by atoms with van der Waals surface area (Å²) in [5, 5.41) is 9.28. The van der Waals surface area contributed by atoms with E-state index in [-0.39, 0.29) is 12.0 Å². The fourth-order valence-electron chi connectivity index (χ4n) is 3.83. The predicted octanol–water partition coefficient (Wildman–Crippen LogP) is 2.52. The Kier molecular flexibility index (Phi) is 4.85. The Morgan fingerprint density at radius 1 is 1.42 bits per heavy atom. The number of hydrogen-bond acceptors (Lipinski definition) is 3. The van der Waals surface area contributed by atoms with E-state index in [2.05, 4.69) is 18.9 Å². The fourth-order valence-corrected chi connectivity index (χ4v) is 3.83. The molecule has 2 fully saturated rings. The molecule has 0 amide bonds. The lowest BCUT2D eigenvalue weighted by Gasteiger charge is -2.48. The maximum absolute atomic E-state index is 11.3. The standard InChI is InChI=1S/C15H27NO3/c1-12(13-6-9-19-11-13)16(2)15(10-14(17)18)7-4-3-5-8-15/h12-13H,3-11H2,1-2H3,(H,17,18). The Bertz CT molecular complexity index is 307. The van der Waals surface area contributed by atoms with Crippen LogP contribution >= 0.6 is 0 Å². The summed E-state index contributed by atoms with van der Waals surface area (Å²) < 4.78 is 5.49. The van der Waals surface area contributed by atoms with Gasteiger partial charge in [0.25, 0.3) is 0 Å². The fraction of sp³-hybridized carbons (Fsp3) is 0.933.